The van der Waals surface area contributed by atoms with Gasteiger partial charge in [-0.15, -0.1) is 6.54 Å². The Morgan fingerprint density at radius 1 is 0.979 bits per heavy atom. The number of aliphatic imine (C=N–C) groups is 1. The van der Waals surface area contributed by atoms with Gasteiger partial charge >= 0.3 is 31.4 Å². The summed E-state index contributed by atoms with van der Waals surface area (Å²) < 4.78 is 5.16. The number of methoxy groups -OCH3 is 1. The van der Waals surface area contributed by atoms with Gasteiger partial charge in [0.2, 0.25) is 0 Å². The summed E-state index contributed by atoms with van der Waals surface area (Å²) in [7, 11) is 1.61. The van der Waals surface area contributed by atoms with Crippen LogP contribution in [0.2, 0.25) is 0 Å². The van der Waals surface area contributed by atoms with E-state index in [1.807, 2.05) is 30.3 Å². The van der Waals surface area contributed by atoms with E-state index in [1.54, 1.807) is 13.3 Å². The predicted molar refractivity (Wildman–Crippen MR) is 182 cm³/mol. The standard InChI is InChI=1S/C26H21N3O5.C3H8.3CHNS.Ru/c1-34-20-6-4-16(5-7-20)2-3-17-8-10-27-21(12-17)23-14-19(26(32)33)15-24(29-23)22-13-18(25(30)31)9-11-28-22;1-3-2;3*2-1-3;/h4-10,13-15,17,23H,11-12H2,1H3,(H,30,31)(H,32,33);3H2,1-2H3;3*3H;/q-2;;;;;+5/p-3. The molecule has 0 spiro atoms. The third-order valence-corrected chi connectivity index (χ3v) is 5.35. The number of rotatable bonds is 5. The zero-order chi connectivity index (χ0) is 34.9. The molecule has 3 aliphatic rings. The minimum atomic E-state index is -1.11. The van der Waals surface area contributed by atoms with E-state index in [4.69, 9.17) is 20.5 Å². The molecule has 11 nitrogen and oxygen atoms in total. The van der Waals surface area contributed by atoms with Crippen LogP contribution in [0.4, 0.5) is 0 Å². The van der Waals surface area contributed by atoms with Crippen LogP contribution in [0.25, 0.3) is 10.6 Å². The molecular formula is C32H29N6O5RuS3. The average molecular weight is 775 g/mol. The first kappa shape index (κ1) is 44.4. The number of hydrogen-bond acceptors (Lipinski definition) is 10. The van der Waals surface area contributed by atoms with Gasteiger partial charge in [-0.3, -0.25) is 4.99 Å². The van der Waals surface area contributed by atoms with Gasteiger partial charge in [0, 0.05) is 29.8 Å². The second kappa shape index (κ2) is 26.5. The van der Waals surface area contributed by atoms with Crippen molar-refractivity contribution < 1.29 is 44.0 Å². The molecule has 1 radical (unpaired) electrons. The molecule has 2 unspecified atom stereocenters. The molecule has 47 heavy (non-hydrogen) atoms. The molecule has 243 valence electrons. The molecule has 0 aliphatic carbocycles. The fourth-order valence-electron chi connectivity index (χ4n) is 3.57. The summed E-state index contributed by atoms with van der Waals surface area (Å²) in [5.74, 6) is 4.83. The number of nitriles is 3. The number of thiocyanates is 3. The summed E-state index contributed by atoms with van der Waals surface area (Å²) in [6, 6.07) is 6.83. The molecule has 1 aromatic rings. The number of aliphatic carboxylic acids is 2. The smallest absolute Gasteiger partial charge is 0.696 e. The Kier molecular flexibility index (Phi) is 25.0. The zero-order valence-electron chi connectivity index (χ0n) is 25.4. The number of ether oxygens (including phenoxy) is 1. The first-order chi connectivity index (χ1) is 22.1. The van der Waals surface area contributed by atoms with Gasteiger partial charge in [-0.1, -0.05) is 84.7 Å². The molecule has 0 amide bonds. The molecule has 2 N–H and O–H groups in total. The minimum Gasteiger partial charge on any atom is -0.696 e. The van der Waals surface area contributed by atoms with Crippen molar-refractivity contribution in [3.8, 4) is 33.8 Å². The maximum atomic E-state index is 11.8. The van der Waals surface area contributed by atoms with Crippen LogP contribution in [0.3, 0.4) is 0 Å². The summed E-state index contributed by atoms with van der Waals surface area (Å²) in [6.07, 6.45) is 11.1. The van der Waals surface area contributed by atoms with Crippen LogP contribution in [0.5, 0.6) is 5.75 Å². The quantitative estimate of drug-likeness (QED) is 0.168. The maximum absolute atomic E-state index is 11.8. The second-order valence-electron chi connectivity index (χ2n) is 8.62. The summed E-state index contributed by atoms with van der Waals surface area (Å²) in [6.45, 7) is 4.43. The fraction of sp³-hybridized carbons (Fsp3) is 0.250. The van der Waals surface area contributed by atoms with Crippen molar-refractivity contribution in [2.75, 3.05) is 13.7 Å². The second-order valence-corrected chi connectivity index (χ2v) is 9.16. The Balaban J connectivity index is 0. The van der Waals surface area contributed by atoms with Crippen molar-refractivity contribution in [3.05, 3.63) is 99.6 Å². The Hall–Kier alpha value is -4.76. The average Bonchev–Trinajstić information content (AvgIpc) is 3.05. The molecule has 3 aliphatic heterocycles. The molecule has 0 bridgehead atoms. The minimum absolute atomic E-state index is 0. The van der Waals surface area contributed by atoms with Crippen molar-refractivity contribution in [2.45, 2.75) is 32.7 Å². The van der Waals surface area contributed by atoms with E-state index in [2.05, 4.69) is 79.2 Å². The number of allylic oxidation sites excluding steroid dienone is 1. The normalized spacial score (nSPS) is 16.1. The number of carboxylic acid groups (broad SMARTS) is 2. The summed E-state index contributed by atoms with van der Waals surface area (Å²) in [5, 5.41) is 53.2. The molecule has 1 aromatic carbocycles. The Labute approximate surface area is 304 Å². The van der Waals surface area contributed by atoms with E-state index in [1.165, 1.54) is 46.9 Å². The van der Waals surface area contributed by atoms with Crippen LogP contribution < -0.4 is 4.74 Å². The van der Waals surface area contributed by atoms with Crippen molar-refractivity contribution in [1.29, 1.82) is 15.8 Å². The van der Waals surface area contributed by atoms with Crippen LogP contribution >= 0.6 is 0 Å². The van der Waals surface area contributed by atoms with Gasteiger partial charge in [-0.25, -0.2) is 25.4 Å². The first-order valence-corrected chi connectivity index (χ1v) is 14.4. The number of nitrogens with zero attached hydrogens (tertiary/aromatic N) is 6. The topological polar surface area (TPSA) is 196 Å². The molecule has 0 aromatic heterocycles. The van der Waals surface area contributed by atoms with Gasteiger partial charge in [0.25, 0.3) is 0 Å². The van der Waals surface area contributed by atoms with E-state index in [0.29, 0.717) is 23.5 Å². The third kappa shape index (κ3) is 17.5. The summed E-state index contributed by atoms with van der Waals surface area (Å²) in [4.78, 5) is 27.5. The van der Waals surface area contributed by atoms with Crippen LogP contribution in [0.15, 0.2) is 88.4 Å². The first-order valence-electron chi connectivity index (χ1n) is 13.2. The van der Waals surface area contributed by atoms with Crippen LogP contribution in [-0.2, 0) is 67.0 Å². The third-order valence-electron chi connectivity index (χ3n) is 5.35. The summed E-state index contributed by atoms with van der Waals surface area (Å²) in [5.41, 5.74) is 2.32. The van der Waals surface area contributed by atoms with Crippen LogP contribution in [0.1, 0.15) is 32.3 Å². The maximum Gasteiger partial charge on any atom is 5.00 e. The molecule has 0 saturated carbocycles. The number of carbonyl (C=O) groups is 2. The van der Waals surface area contributed by atoms with Crippen LogP contribution in [-0.4, -0.2) is 47.6 Å². The van der Waals surface area contributed by atoms with Gasteiger partial charge in [0.1, 0.15) is 5.75 Å². The van der Waals surface area contributed by atoms with Crippen molar-refractivity contribution in [3.63, 3.8) is 0 Å². The van der Waals surface area contributed by atoms with Crippen LogP contribution in [0, 0.1) is 49.7 Å². The fourth-order valence-corrected chi connectivity index (χ4v) is 3.57. The van der Waals surface area contributed by atoms with Crippen molar-refractivity contribution >= 4 is 55.5 Å². The van der Waals surface area contributed by atoms with Gasteiger partial charge in [0.05, 0.1) is 18.3 Å². The zero-order valence-corrected chi connectivity index (χ0v) is 29.6. The summed E-state index contributed by atoms with van der Waals surface area (Å²) >= 11 is 11.1. The Morgan fingerprint density at radius 2 is 1.51 bits per heavy atom. The van der Waals surface area contributed by atoms with Crippen molar-refractivity contribution in [2.24, 2.45) is 10.9 Å². The number of carboxylic acids is 2. The number of benzene rings is 1. The predicted octanol–water partition coefficient (Wildman–Crippen LogP) is 5.41. The van der Waals surface area contributed by atoms with E-state index in [-0.39, 0.29) is 43.1 Å². The molecule has 2 atom stereocenters. The molecule has 4 rings (SSSR count). The molecule has 0 saturated heterocycles. The molecule has 3 heterocycles. The Morgan fingerprint density at radius 3 is 2.02 bits per heavy atom. The van der Waals surface area contributed by atoms with E-state index >= 15 is 0 Å². The van der Waals surface area contributed by atoms with Gasteiger partial charge < -0.3 is 63.5 Å². The van der Waals surface area contributed by atoms with E-state index < -0.39 is 18.0 Å². The number of hydrogen-bond donors (Lipinski definition) is 2. The van der Waals surface area contributed by atoms with E-state index in [9.17, 15) is 19.8 Å². The van der Waals surface area contributed by atoms with E-state index in [0.717, 1.165) is 11.3 Å². The van der Waals surface area contributed by atoms with Gasteiger partial charge in [-0.05, 0) is 24.3 Å². The van der Waals surface area contributed by atoms with Crippen molar-refractivity contribution in [1.82, 2.24) is 0 Å². The van der Waals surface area contributed by atoms with Gasteiger partial charge in [0.15, 0.2) is 0 Å². The molecule has 15 heteroatoms. The molecule has 0 fully saturated rings. The monoisotopic (exact) mass is 775 g/mol. The molecular weight excluding hydrogens is 746 g/mol. The largest absolute Gasteiger partial charge is 5.00 e. The SMILES string of the molecule is CCC.COc1ccc(C#CC2C=CN=C(C3C=C(C(=O)O)C=C(C4=CC(C(=O)O)=CC[N-]4)[N-]3)C2)cc1.N#C[S-].N#C[S-].N#C[S-].[Ru+5]. The Bertz CT molecular complexity index is 1540. The van der Waals surface area contributed by atoms with Gasteiger partial charge in [-0.2, -0.15) is 11.4 Å².